The Hall–Kier alpha value is -1.63. The number of primary amides is 1. The number of nitrogens with one attached hydrogen (secondary N) is 2. The molecule has 7 heteroatoms. The lowest BCUT2D eigenvalue weighted by Gasteiger charge is -2.56. The lowest BCUT2D eigenvalue weighted by atomic mass is 9.53. The molecule has 0 spiro atoms. The van der Waals surface area contributed by atoms with Crippen LogP contribution in [0.2, 0.25) is 0 Å². The van der Waals surface area contributed by atoms with Crippen LogP contribution in [0.1, 0.15) is 58.3 Å². The maximum absolute atomic E-state index is 12.5. The number of carbonyl (C=O) groups is 3. The van der Waals surface area contributed by atoms with Crippen LogP contribution < -0.4 is 16.4 Å². The highest BCUT2D eigenvalue weighted by atomic mass is 16.2. The van der Waals surface area contributed by atoms with Crippen molar-refractivity contribution in [2.45, 2.75) is 69.9 Å². The van der Waals surface area contributed by atoms with Crippen LogP contribution in [0, 0.1) is 23.7 Å². The average Bonchev–Trinajstić information content (AvgIpc) is 2.59. The number of rotatable bonds is 4. The van der Waals surface area contributed by atoms with Crippen molar-refractivity contribution in [1.29, 1.82) is 0 Å². The summed E-state index contributed by atoms with van der Waals surface area (Å²) in [6.45, 7) is 3.12. The van der Waals surface area contributed by atoms with Gasteiger partial charge in [-0.1, -0.05) is 0 Å². The van der Waals surface area contributed by atoms with Crippen molar-refractivity contribution in [1.82, 2.24) is 15.5 Å². The zero-order valence-electron chi connectivity index (χ0n) is 16.2. The van der Waals surface area contributed by atoms with Crippen LogP contribution in [-0.4, -0.2) is 47.4 Å². The number of amides is 4. The Morgan fingerprint density at radius 2 is 1.52 bits per heavy atom. The molecule has 0 radical (unpaired) electrons. The van der Waals surface area contributed by atoms with E-state index in [1.54, 1.807) is 0 Å². The van der Waals surface area contributed by atoms with E-state index in [0.717, 1.165) is 37.0 Å². The maximum atomic E-state index is 12.5. The van der Waals surface area contributed by atoms with Gasteiger partial charge in [0.1, 0.15) is 0 Å². The van der Waals surface area contributed by atoms with Crippen molar-refractivity contribution in [2.24, 2.45) is 29.4 Å². The molecule has 27 heavy (non-hydrogen) atoms. The van der Waals surface area contributed by atoms with Gasteiger partial charge < -0.3 is 11.1 Å². The second-order valence-corrected chi connectivity index (χ2v) is 9.53. The monoisotopic (exact) mass is 376 g/mol. The van der Waals surface area contributed by atoms with Crippen LogP contribution in [-0.2, 0) is 9.59 Å². The summed E-state index contributed by atoms with van der Waals surface area (Å²) in [5.41, 5.74) is 5.27. The van der Waals surface area contributed by atoms with Gasteiger partial charge in [-0.05, 0) is 89.1 Å². The number of urea groups is 1. The van der Waals surface area contributed by atoms with E-state index >= 15 is 0 Å². The lowest BCUT2D eigenvalue weighted by Crippen LogP contribution is -2.62. The first-order valence-corrected chi connectivity index (χ1v) is 10.5. The first-order valence-electron chi connectivity index (χ1n) is 10.5. The van der Waals surface area contributed by atoms with E-state index in [1.165, 1.54) is 19.3 Å². The van der Waals surface area contributed by atoms with Crippen LogP contribution in [0.15, 0.2) is 0 Å². The fourth-order valence-electron chi connectivity index (χ4n) is 6.49. The maximum Gasteiger partial charge on any atom is 0.321 e. The van der Waals surface area contributed by atoms with Gasteiger partial charge in [-0.2, -0.15) is 0 Å². The Balaban J connectivity index is 1.28. The Kier molecular flexibility index (Phi) is 4.91. The highest BCUT2D eigenvalue weighted by Gasteiger charge is 2.51. The van der Waals surface area contributed by atoms with E-state index in [0.29, 0.717) is 25.9 Å². The summed E-state index contributed by atoms with van der Waals surface area (Å²) in [6.07, 6.45) is 8.50. The molecule has 5 rings (SSSR count). The molecule has 5 fully saturated rings. The minimum Gasteiger partial charge on any atom is -0.369 e. The van der Waals surface area contributed by atoms with E-state index in [1.807, 2.05) is 11.8 Å². The normalized spacial score (nSPS) is 37.0. The SMILES string of the molecule is C[C@@H](C(=O)NC(=O)NC12CC3CC(CC(C3)C1)C2)N1CCC(C(N)=O)CC1. The standard InChI is InChI=1S/C20H32N4O3/c1-12(24-4-2-16(3-5-24)17(21)25)18(26)22-19(27)23-20-9-13-6-14(10-20)8-15(7-13)11-20/h12-16H,2-11H2,1H3,(H2,21,25)(H2,22,23,26,27)/t12-,13?,14?,15?,20?/m0/s1. The first kappa shape index (κ1) is 18.7. The molecule has 4 bridgehead atoms. The van der Waals surface area contributed by atoms with Crippen LogP contribution >= 0.6 is 0 Å². The van der Waals surface area contributed by atoms with Gasteiger partial charge in [-0.25, -0.2) is 4.79 Å². The van der Waals surface area contributed by atoms with Crippen LogP contribution in [0.5, 0.6) is 0 Å². The molecule has 5 aliphatic rings. The average molecular weight is 377 g/mol. The van der Waals surface area contributed by atoms with E-state index in [-0.39, 0.29) is 35.3 Å². The smallest absolute Gasteiger partial charge is 0.321 e. The molecule has 7 nitrogen and oxygen atoms in total. The molecular formula is C20H32N4O3. The van der Waals surface area contributed by atoms with E-state index < -0.39 is 0 Å². The number of hydrogen-bond acceptors (Lipinski definition) is 4. The van der Waals surface area contributed by atoms with E-state index in [4.69, 9.17) is 5.73 Å². The van der Waals surface area contributed by atoms with Crippen molar-refractivity contribution in [3.05, 3.63) is 0 Å². The minimum absolute atomic E-state index is 0.0951. The molecule has 0 aromatic rings. The fourth-order valence-corrected chi connectivity index (χ4v) is 6.49. The highest BCUT2D eigenvalue weighted by Crippen LogP contribution is 2.55. The minimum atomic E-state index is -0.388. The topological polar surface area (TPSA) is 105 Å². The van der Waals surface area contributed by atoms with Crippen molar-refractivity contribution in [3.8, 4) is 0 Å². The number of nitrogens with two attached hydrogens (primary N) is 1. The number of piperidine rings is 1. The third kappa shape index (κ3) is 3.84. The van der Waals surface area contributed by atoms with Gasteiger partial charge in [0.25, 0.3) is 0 Å². The predicted octanol–water partition coefficient (Wildman–Crippen LogP) is 1.37. The third-order valence-electron chi connectivity index (χ3n) is 7.51. The molecule has 1 saturated heterocycles. The molecular weight excluding hydrogens is 344 g/mol. The Bertz CT molecular complexity index is 591. The van der Waals surface area contributed by atoms with Gasteiger partial charge in [0.2, 0.25) is 11.8 Å². The van der Waals surface area contributed by atoms with Crippen molar-refractivity contribution < 1.29 is 14.4 Å². The Morgan fingerprint density at radius 3 is 2.00 bits per heavy atom. The molecule has 0 unspecified atom stereocenters. The van der Waals surface area contributed by atoms with Crippen molar-refractivity contribution in [3.63, 3.8) is 0 Å². The van der Waals surface area contributed by atoms with Gasteiger partial charge in [0.05, 0.1) is 6.04 Å². The molecule has 4 amide bonds. The van der Waals surface area contributed by atoms with Gasteiger partial charge in [0, 0.05) is 11.5 Å². The molecule has 0 aromatic heterocycles. The number of nitrogens with zero attached hydrogens (tertiary/aromatic N) is 1. The predicted molar refractivity (Wildman–Crippen MR) is 101 cm³/mol. The molecule has 1 heterocycles. The Labute approximate surface area is 160 Å². The largest absolute Gasteiger partial charge is 0.369 e. The second kappa shape index (κ2) is 7.08. The summed E-state index contributed by atoms with van der Waals surface area (Å²) in [5, 5.41) is 5.75. The van der Waals surface area contributed by atoms with Crippen molar-refractivity contribution in [2.75, 3.05) is 13.1 Å². The lowest BCUT2D eigenvalue weighted by molar-refractivity contribution is -0.126. The molecule has 1 aliphatic heterocycles. The molecule has 4 saturated carbocycles. The number of hydrogen-bond donors (Lipinski definition) is 3. The molecule has 4 N–H and O–H groups in total. The number of likely N-dealkylation sites (tertiary alicyclic amines) is 1. The summed E-state index contributed by atoms with van der Waals surface area (Å²) in [5.74, 6) is 1.61. The third-order valence-corrected chi connectivity index (χ3v) is 7.51. The fraction of sp³-hybridized carbons (Fsp3) is 0.850. The van der Waals surface area contributed by atoms with Crippen LogP contribution in [0.4, 0.5) is 4.79 Å². The first-order chi connectivity index (χ1) is 12.8. The summed E-state index contributed by atoms with van der Waals surface area (Å²) < 4.78 is 0. The number of imide groups is 1. The Morgan fingerprint density at radius 1 is 1.00 bits per heavy atom. The molecule has 1 atom stereocenters. The zero-order valence-corrected chi connectivity index (χ0v) is 16.2. The zero-order chi connectivity index (χ0) is 19.2. The van der Waals surface area contributed by atoms with E-state index in [2.05, 4.69) is 10.6 Å². The number of carbonyl (C=O) groups excluding carboxylic acids is 3. The van der Waals surface area contributed by atoms with Gasteiger partial charge in [0.15, 0.2) is 0 Å². The van der Waals surface area contributed by atoms with Crippen LogP contribution in [0.25, 0.3) is 0 Å². The molecule has 0 aromatic carbocycles. The highest BCUT2D eigenvalue weighted by molar-refractivity contribution is 5.97. The quantitative estimate of drug-likeness (QED) is 0.689. The molecule has 150 valence electrons. The van der Waals surface area contributed by atoms with Gasteiger partial charge in [-0.3, -0.25) is 19.8 Å². The second-order valence-electron chi connectivity index (χ2n) is 9.53. The van der Waals surface area contributed by atoms with Gasteiger partial charge >= 0.3 is 6.03 Å². The van der Waals surface area contributed by atoms with Crippen LogP contribution in [0.3, 0.4) is 0 Å². The van der Waals surface area contributed by atoms with E-state index in [9.17, 15) is 14.4 Å². The summed E-state index contributed by atoms with van der Waals surface area (Å²) in [6, 6.07) is -0.734. The summed E-state index contributed by atoms with van der Waals surface area (Å²) >= 11 is 0. The summed E-state index contributed by atoms with van der Waals surface area (Å²) in [4.78, 5) is 38.4. The molecule has 4 aliphatic carbocycles. The summed E-state index contributed by atoms with van der Waals surface area (Å²) in [7, 11) is 0. The van der Waals surface area contributed by atoms with Gasteiger partial charge in [-0.15, -0.1) is 0 Å². The van der Waals surface area contributed by atoms with Crippen molar-refractivity contribution >= 4 is 17.8 Å².